The molecule has 0 atom stereocenters. The minimum absolute atomic E-state index is 0.0505. The van der Waals surface area contributed by atoms with Crippen LogP contribution in [0.2, 0.25) is 0 Å². The number of pyridine rings is 1. The standard InChI is InChI=1S/C15H15F3N2O/c1-9(2)10-5-3-4-6-12(10)21-13-7-14(15(16,17)18)20-8-11(13)19/h3-9H,19H2,1-2H3. The summed E-state index contributed by atoms with van der Waals surface area (Å²) in [4.78, 5) is 3.28. The average Bonchev–Trinajstić information content (AvgIpc) is 2.40. The molecule has 0 aliphatic heterocycles. The average molecular weight is 296 g/mol. The zero-order valence-corrected chi connectivity index (χ0v) is 11.6. The third-order valence-electron chi connectivity index (χ3n) is 2.95. The van der Waals surface area contributed by atoms with E-state index in [2.05, 4.69) is 4.98 Å². The lowest BCUT2D eigenvalue weighted by molar-refractivity contribution is -0.141. The molecule has 0 unspecified atom stereocenters. The molecule has 2 aromatic rings. The Bertz CT molecular complexity index is 639. The molecular formula is C15H15F3N2O. The van der Waals surface area contributed by atoms with E-state index in [-0.39, 0.29) is 17.4 Å². The second-order valence-electron chi connectivity index (χ2n) is 4.90. The SMILES string of the molecule is CC(C)c1ccccc1Oc1cc(C(F)(F)F)ncc1N. The molecule has 0 aliphatic rings. The minimum Gasteiger partial charge on any atom is -0.455 e. The van der Waals surface area contributed by atoms with E-state index in [0.29, 0.717) is 5.75 Å². The topological polar surface area (TPSA) is 48.1 Å². The maximum Gasteiger partial charge on any atom is 0.433 e. The molecule has 0 bridgehead atoms. The Hall–Kier alpha value is -2.24. The largest absolute Gasteiger partial charge is 0.455 e. The van der Waals surface area contributed by atoms with E-state index >= 15 is 0 Å². The number of alkyl halides is 3. The van der Waals surface area contributed by atoms with E-state index in [4.69, 9.17) is 10.5 Å². The fraction of sp³-hybridized carbons (Fsp3) is 0.267. The summed E-state index contributed by atoms with van der Waals surface area (Å²) in [6.45, 7) is 3.94. The summed E-state index contributed by atoms with van der Waals surface area (Å²) in [6.07, 6.45) is -3.58. The summed E-state index contributed by atoms with van der Waals surface area (Å²) in [6, 6.07) is 7.97. The smallest absolute Gasteiger partial charge is 0.433 e. The van der Waals surface area contributed by atoms with Crippen LogP contribution in [0.5, 0.6) is 11.5 Å². The normalized spacial score (nSPS) is 11.7. The van der Waals surface area contributed by atoms with Gasteiger partial charge in [-0.05, 0) is 17.5 Å². The van der Waals surface area contributed by atoms with Crippen molar-refractivity contribution in [2.75, 3.05) is 5.73 Å². The van der Waals surface area contributed by atoms with Gasteiger partial charge in [-0.3, -0.25) is 0 Å². The number of hydrogen-bond acceptors (Lipinski definition) is 3. The first-order valence-corrected chi connectivity index (χ1v) is 6.38. The van der Waals surface area contributed by atoms with Crippen LogP contribution in [0.4, 0.5) is 18.9 Å². The number of nitrogens with two attached hydrogens (primary N) is 1. The van der Waals surface area contributed by atoms with Gasteiger partial charge in [0.15, 0.2) is 5.75 Å². The van der Waals surface area contributed by atoms with Crippen molar-refractivity contribution in [2.24, 2.45) is 0 Å². The zero-order chi connectivity index (χ0) is 15.6. The molecule has 2 N–H and O–H groups in total. The predicted molar refractivity (Wildman–Crippen MR) is 74.3 cm³/mol. The Morgan fingerprint density at radius 3 is 2.43 bits per heavy atom. The number of nitrogens with zero attached hydrogens (tertiary/aromatic N) is 1. The van der Waals surface area contributed by atoms with Gasteiger partial charge in [0.2, 0.25) is 0 Å². The van der Waals surface area contributed by atoms with E-state index in [1.165, 1.54) is 0 Å². The van der Waals surface area contributed by atoms with E-state index in [1.54, 1.807) is 12.1 Å². The third kappa shape index (κ3) is 3.45. The lowest BCUT2D eigenvalue weighted by atomic mass is 10.0. The van der Waals surface area contributed by atoms with Crippen molar-refractivity contribution < 1.29 is 17.9 Å². The highest BCUT2D eigenvalue weighted by Crippen LogP contribution is 2.36. The molecule has 2 rings (SSSR count). The van der Waals surface area contributed by atoms with Crippen LogP contribution in [0.3, 0.4) is 0 Å². The highest BCUT2D eigenvalue weighted by Gasteiger charge is 2.33. The first kappa shape index (κ1) is 15.2. The Labute approximate surface area is 120 Å². The van der Waals surface area contributed by atoms with Crippen molar-refractivity contribution in [3.63, 3.8) is 0 Å². The molecule has 0 amide bonds. The van der Waals surface area contributed by atoms with Crippen molar-refractivity contribution in [1.29, 1.82) is 0 Å². The summed E-state index contributed by atoms with van der Waals surface area (Å²) in [5, 5.41) is 0. The number of ether oxygens (including phenoxy) is 1. The molecule has 1 aromatic carbocycles. The zero-order valence-electron chi connectivity index (χ0n) is 11.6. The van der Waals surface area contributed by atoms with Crippen LogP contribution < -0.4 is 10.5 Å². The van der Waals surface area contributed by atoms with Crippen LogP contribution >= 0.6 is 0 Å². The summed E-state index contributed by atoms with van der Waals surface area (Å²) in [7, 11) is 0. The highest BCUT2D eigenvalue weighted by molar-refractivity contribution is 5.54. The summed E-state index contributed by atoms with van der Waals surface area (Å²) in [5.74, 6) is 0.607. The fourth-order valence-electron chi connectivity index (χ4n) is 1.86. The van der Waals surface area contributed by atoms with Crippen LogP contribution in [-0.4, -0.2) is 4.98 Å². The van der Waals surface area contributed by atoms with Gasteiger partial charge in [-0.25, -0.2) is 4.98 Å². The number of rotatable bonds is 3. The number of hydrogen-bond donors (Lipinski definition) is 1. The van der Waals surface area contributed by atoms with Gasteiger partial charge in [0.05, 0.1) is 11.9 Å². The first-order valence-electron chi connectivity index (χ1n) is 6.38. The summed E-state index contributed by atoms with van der Waals surface area (Å²) in [5.41, 5.74) is 5.57. The summed E-state index contributed by atoms with van der Waals surface area (Å²) < 4.78 is 43.6. The van der Waals surface area contributed by atoms with Gasteiger partial charge in [-0.2, -0.15) is 13.2 Å². The minimum atomic E-state index is -4.54. The molecule has 0 radical (unpaired) electrons. The number of aromatic nitrogens is 1. The molecule has 0 spiro atoms. The van der Waals surface area contributed by atoms with E-state index < -0.39 is 11.9 Å². The molecule has 1 aromatic heterocycles. The molecule has 0 fully saturated rings. The van der Waals surface area contributed by atoms with Gasteiger partial charge >= 0.3 is 6.18 Å². The van der Waals surface area contributed by atoms with Crippen molar-refractivity contribution in [3.8, 4) is 11.5 Å². The van der Waals surface area contributed by atoms with Gasteiger partial charge in [0, 0.05) is 6.07 Å². The van der Waals surface area contributed by atoms with Crippen LogP contribution in [0.25, 0.3) is 0 Å². The molecule has 0 saturated heterocycles. The molecule has 0 saturated carbocycles. The van der Waals surface area contributed by atoms with E-state index in [9.17, 15) is 13.2 Å². The number of nitrogen functional groups attached to an aromatic ring is 1. The Kier molecular flexibility index (Phi) is 4.06. The van der Waals surface area contributed by atoms with E-state index in [0.717, 1.165) is 17.8 Å². The van der Waals surface area contributed by atoms with Gasteiger partial charge in [0.1, 0.15) is 11.4 Å². The van der Waals surface area contributed by atoms with Gasteiger partial charge in [-0.1, -0.05) is 32.0 Å². The number of anilines is 1. The highest BCUT2D eigenvalue weighted by atomic mass is 19.4. The van der Waals surface area contributed by atoms with Gasteiger partial charge < -0.3 is 10.5 Å². The second kappa shape index (κ2) is 5.63. The van der Waals surface area contributed by atoms with Crippen molar-refractivity contribution >= 4 is 5.69 Å². The van der Waals surface area contributed by atoms with Crippen molar-refractivity contribution in [1.82, 2.24) is 4.98 Å². The molecule has 21 heavy (non-hydrogen) atoms. The second-order valence-corrected chi connectivity index (χ2v) is 4.90. The predicted octanol–water partition coefficient (Wildman–Crippen LogP) is 4.60. The van der Waals surface area contributed by atoms with Crippen molar-refractivity contribution in [3.05, 3.63) is 47.8 Å². The molecule has 6 heteroatoms. The number of benzene rings is 1. The molecule has 1 heterocycles. The maximum absolute atomic E-state index is 12.7. The molecule has 112 valence electrons. The molecule has 0 aliphatic carbocycles. The Morgan fingerprint density at radius 1 is 1.14 bits per heavy atom. The van der Waals surface area contributed by atoms with Gasteiger partial charge in [0.25, 0.3) is 0 Å². The van der Waals surface area contributed by atoms with Crippen LogP contribution in [-0.2, 0) is 6.18 Å². The lowest BCUT2D eigenvalue weighted by Gasteiger charge is -2.15. The van der Waals surface area contributed by atoms with Gasteiger partial charge in [-0.15, -0.1) is 0 Å². The summed E-state index contributed by atoms with van der Waals surface area (Å²) >= 11 is 0. The fourth-order valence-corrected chi connectivity index (χ4v) is 1.86. The van der Waals surface area contributed by atoms with Crippen molar-refractivity contribution in [2.45, 2.75) is 25.9 Å². The molecular weight excluding hydrogens is 281 g/mol. The Morgan fingerprint density at radius 2 is 1.81 bits per heavy atom. The van der Waals surface area contributed by atoms with Crippen LogP contribution in [0.15, 0.2) is 36.5 Å². The third-order valence-corrected chi connectivity index (χ3v) is 2.95. The number of halogens is 3. The molecule has 3 nitrogen and oxygen atoms in total. The van der Waals surface area contributed by atoms with Crippen LogP contribution in [0, 0.1) is 0 Å². The number of para-hydroxylation sites is 1. The maximum atomic E-state index is 12.7. The lowest BCUT2D eigenvalue weighted by Crippen LogP contribution is -2.09. The Balaban J connectivity index is 2.40. The van der Waals surface area contributed by atoms with E-state index in [1.807, 2.05) is 26.0 Å². The first-order chi connectivity index (χ1) is 9.79. The monoisotopic (exact) mass is 296 g/mol. The quantitative estimate of drug-likeness (QED) is 0.900. The van der Waals surface area contributed by atoms with Crippen LogP contribution in [0.1, 0.15) is 31.0 Å².